The van der Waals surface area contributed by atoms with Gasteiger partial charge < -0.3 is 14.4 Å². The van der Waals surface area contributed by atoms with Gasteiger partial charge in [-0.05, 0) is 61.7 Å². The maximum Gasteiger partial charge on any atom is 1.00 e. The number of hydrogen-bond donors (Lipinski definition) is 1. The van der Waals surface area contributed by atoms with Crippen molar-refractivity contribution in [2.45, 2.75) is 58.5 Å². The van der Waals surface area contributed by atoms with Crippen LogP contribution in [0.15, 0.2) is 11.6 Å². The summed E-state index contributed by atoms with van der Waals surface area (Å²) in [6.07, 6.45) is 6.30. The Balaban J connectivity index is 0.00000240. The van der Waals surface area contributed by atoms with Crippen LogP contribution in [0.1, 0.15) is 52.4 Å². The fourth-order valence-electron chi connectivity index (χ4n) is 6.88. The third-order valence-corrected chi connectivity index (χ3v) is 8.74. The molecule has 1 saturated heterocycles. The van der Waals surface area contributed by atoms with Crippen LogP contribution in [0.25, 0.3) is 0 Å². The van der Waals surface area contributed by atoms with E-state index in [0.717, 1.165) is 37.7 Å². The number of cyclic esters (lactones) is 1. The molecule has 2 saturated carbocycles. The number of esters is 1. The van der Waals surface area contributed by atoms with Crippen molar-refractivity contribution in [2.75, 3.05) is 13.2 Å². The van der Waals surface area contributed by atoms with Crippen LogP contribution >= 0.6 is 0 Å². The van der Waals surface area contributed by atoms with E-state index in [1.54, 1.807) is 0 Å². The molecule has 0 bridgehead atoms. The van der Waals surface area contributed by atoms with Gasteiger partial charge in [0.05, 0.1) is 19.3 Å². The molecule has 0 aromatic rings. The SMILES string of the molecule is C[C@@]1(COS(=O)(=O)[O-])[C@H](O)CC[C@@]2(C)C3CC=C4C(=O)OC[C@H]4CC3CC[C@H]12.[K+]. The molecule has 1 aliphatic heterocycles. The molecule has 4 rings (SSSR count). The average Bonchev–Trinajstić information content (AvgIpc) is 2.84. The van der Waals surface area contributed by atoms with Gasteiger partial charge in [-0.25, -0.2) is 13.2 Å². The second kappa shape index (κ2) is 8.55. The summed E-state index contributed by atoms with van der Waals surface area (Å²) in [6, 6.07) is 0. The molecule has 0 aromatic carbocycles. The molecule has 0 amide bonds. The number of rotatable bonds is 3. The first kappa shape index (κ1) is 24.3. The molecule has 3 fully saturated rings. The van der Waals surface area contributed by atoms with E-state index in [1.807, 2.05) is 6.92 Å². The summed E-state index contributed by atoms with van der Waals surface area (Å²) in [4.78, 5) is 12.0. The van der Waals surface area contributed by atoms with Gasteiger partial charge in [0.25, 0.3) is 0 Å². The van der Waals surface area contributed by atoms with Crippen molar-refractivity contribution < 1.29 is 83.2 Å². The van der Waals surface area contributed by atoms with Crippen LogP contribution in [0, 0.1) is 34.5 Å². The Labute approximate surface area is 215 Å². The molecule has 0 spiro atoms. The van der Waals surface area contributed by atoms with Crippen LogP contribution in [-0.2, 0) is 24.1 Å². The van der Waals surface area contributed by atoms with Gasteiger partial charge in [0.2, 0.25) is 10.4 Å². The molecule has 4 aliphatic rings. The van der Waals surface area contributed by atoms with Crippen molar-refractivity contribution in [3.05, 3.63) is 11.6 Å². The fourth-order valence-corrected chi connectivity index (χ4v) is 7.28. The Kier molecular flexibility index (Phi) is 7.17. The first-order chi connectivity index (χ1) is 13.0. The summed E-state index contributed by atoms with van der Waals surface area (Å²) in [5.74, 6) is 0.862. The molecule has 158 valence electrons. The number of aliphatic hydroxyl groups excluding tert-OH is 1. The standard InChI is InChI=1S/C20H30O7S.K/c1-19-8-7-17(21)20(2,11-27-28(23,24)25)16(19)6-3-12-9-13-10-26-18(22)14(13)4-5-15(12)19;/h4,12-13,15-17,21H,3,5-11H2,1-2H3,(H,23,24,25);/q;+1/p-1/t12?,13-,15?,16+,17-,19+,20+;/m1./s1. The molecular formula is C20H29KO7S. The molecule has 9 heteroatoms. The first-order valence-corrected chi connectivity index (χ1v) is 11.5. The van der Waals surface area contributed by atoms with Crippen molar-refractivity contribution in [1.29, 1.82) is 0 Å². The van der Waals surface area contributed by atoms with Gasteiger partial charge in [0.15, 0.2) is 0 Å². The minimum atomic E-state index is -4.81. The van der Waals surface area contributed by atoms with Crippen LogP contribution in [0.3, 0.4) is 0 Å². The van der Waals surface area contributed by atoms with Crippen molar-refractivity contribution >= 4 is 16.4 Å². The predicted octanol–water partition coefficient (Wildman–Crippen LogP) is -0.830. The second-order valence-corrected chi connectivity index (χ2v) is 10.7. The van der Waals surface area contributed by atoms with Gasteiger partial charge in [-0.1, -0.05) is 19.9 Å². The normalized spacial score (nSPS) is 44.3. The van der Waals surface area contributed by atoms with Gasteiger partial charge in [0.1, 0.15) is 0 Å². The third kappa shape index (κ3) is 4.33. The van der Waals surface area contributed by atoms with E-state index in [-0.39, 0.29) is 81.2 Å². The van der Waals surface area contributed by atoms with E-state index in [0.29, 0.717) is 24.9 Å². The smallest absolute Gasteiger partial charge is 0.726 e. The molecule has 1 N–H and O–H groups in total. The van der Waals surface area contributed by atoms with E-state index < -0.39 is 21.9 Å². The van der Waals surface area contributed by atoms with Gasteiger partial charge >= 0.3 is 57.4 Å². The van der Waals surface area contributed by atoms with Gasteiger partial charge in [-0.2, -0.15) is 0 Å². The maximum atomic E-state index is 12.0. The molecule has 29 heavy (non-hydrogen) atoms. The van der Waals surface area contributed by atoms with E-state index in [9.17, 15) is 22.9 Å². The van der Waals surface area contributed by atoms with Gasteiger partial charge in [-0.3, -0.25) is 4.18 Å². The van der Waals surface area contributed by atoms with Crippen LogP contribution in [-0.4, -0.2) is 43.4 Å². The molecule has 0 aromatic heterocycles. The second-order valence-electron chi connectivity index (χ2n) is 9.66. The number of carbonyl (C=O) groups is 1. The van der Waals surface area contributed by atoms with E-state index in [2.05, 4.69) is 17.2 Å². The molecule has 0 radical (unpaired) electrons. The Morgan fingerprint density at radius 3 is 2.72 bits per heavy atom. The molecular weight excluding hydrogens is 423 g/mol. The quantitative estimate of drug-likeness (QED) is 0.257. The van der Waals surface area contributed by atoms with E-state index in [1.165, 1.54) is 0 Å². The van der Waals surface area contributed by atoms with Gasteiger partial charge in [0, 0.05) is 16.9 Å². The molecule has 7 nitrogen and oxygen atoms in total. The number of ether oxygens (including phenoxy) is 1. The third-order valence-electron chi connectivity index (χ3n) is 8.34. The number of hydrogen-bond acceptors (Lipinski definition) is 7. The van der Waals surface area contributed by atoms with Crippen molar-refractivity contribution in [3.63, 3.8) is 0 Å². The largest absolute Gasteiger partial charge is 1.00 e. The summed E-state index contributed by atoms with van der Waals surface area (Å²) in [5, 5.41) is 10.7. The van der Waals surface area contributed by atoms with Crippen LogP contribution < -0.4 is 51.4 Å². The zero-order valence-corrected chi connectivity index (χ0v) is 21.4. The summed E-state index contributed by atoms with van der Waals surface area (Å²) < 4.78 is 43.1. The Hall–Kier alpha value is 0.676. The van der Waals surface area contributed by atoms with Crippen LogP contribution in [0.4, 0.5) is 0 Å². The Morgan fingerprint density at radius 1 is 1.31 bits per heavy atom. The molecule has 7 atom stereocenters. The molecule has 3 aliphatic carbocycles. The summed E-state index contributed by atoms with van der Waals surface area (Å²) in [5.41, 5.74) is -0.0788. The minimum absolute atomic E-state index is 0. The fraction of sp³-hybridized carbons (Fsp3) is 0.850. The van der Waals surface area contributed by atoms with Crippen LogP contribution in [0.5, 0.6) is 0 Å². The maximum absolute atomic E-state index is 12.0. The average molecular weight is 453 g/mol. The van der Waals surface area contributed by atoms with E-state index >= 15 is 0 Å². The van der Waals surface area contributed by atoms with E-state index in [4.69, 9.17) is 4.74 Å². The predicted molar refractivity (Wildman–Crippen MR) is 98.6 cm³/mol. The first-order valence-electron chi connectivity index (χ1n) is 10.2. The molecule has 2 unspecified atom stereocenters. The van der Waals surface area contributed by atoms with Crippen molar-refractivity contribution in [1.82, 2.24) is 0 Å². The summed E-state index contributed by atoms with van der Waals surface area (Å²) >= 11 is 0. The zero-order valence-electron chi connectivity index (χ0n) is 17.4. The molecule has 1 heterocycles. The summed E-state index contributed by atoms with van der Waals surface area (Å²) in [7, 11) is -4.81. The Morgan fingerprint density at radius 2 is 2.03 bits per heavy atom. The topological polar surface area (TPSA) is 113 Å². The zero-order chi connectivity index (χ0) is 20.3. The Bertz CT molecular complexity index is 797. The number of fused-ring (bicyclic) bond motifs is 4. The number of allylic oxidation sites excluding steroid dienone is 1. The van der Waals surface area contributed by atoms with Crippen molar-refractivity contribution in [3.8, 4) is 0 Å². The van der Waals surface area contributed by atoms with Crippen molar-refractivity contribution in [2.24, 2.45) is 34.5 Å². The number of aliphatic hydroxyl groups is 1. The minimum Gasteiger partial charge on any atom is -0.726 e. The van der Waals surface area contributed by atoms with Crippen LogP contribution in [0.2, 0.25) is 0 Å². The number of carbonyl (C=O) groups excluding carboxylic acids is 1. The summed E-state index contributed by atoms with van der Waals surface area (Å²) in [6.45, 7) is 4.28. The monoisotopic (exact) mass is 452 g/mol. The van der Waals surface area contributed by atoms with Gasteiger partial charge in [-0.15, -0.1) is 0 Å².